The van der Waals surface area contributed by atoms with Crippen molar-refractivity contribution in [3.05, 3.63) is 34.8 Å². The molecule has 0 spiro atoms. The van der Waals surface area contributed by atoms with Crippen molar-refractivity contribution in [3.8, 4) is 6.07 Å². The molecule has 1 atom stereocenters. The molecule has 2 heterocycles. The van der Waals surface area contributed by atoms with Gasteiger partial charge in [-0.05, 0) is 43.9 Å². The fraction of sp³-hybridized carbons (Fsp3) is 0.545. The van der Waals surface area contributed by atoms with Crippen LogP contribution < -0.4 is 16.4 Å². The Bertz CT molecular complexity index is 1010. The molecule has 1 saturated heterocycles. The molecular weight excluding hydrogens is 382 g/mol. The minimum atomic E-state index is -0.882. The first-order chi connectivity index (χ1) is 14.1. The molecule has 1 amide bonds. The maximum atomic E-state index is 13.3. The molecule has 2 N–H and O–H groups in total. The lowest BCUT2D eigenvalue weighted by atomic mass is 9.85. The van der Waals surface area contributed by atoms with E-state index in [2.05, 4.69) is 26.6 Å². The highest BCUT2D eigenvalue weighted by Crippen LogP contribution is 2.27. The number of nitrogens with one attached hydrogen (secondary N) is 2. The lowest BCUT2D eigenvalue weighted by Gasteiger charge is -2.37. The minimum Gasteiger partial charge on any atom is -0.408 e. The van der Waals surface area contributed by atoms with Crippen LogP contribution in [0.5, 0.6) is 0 Å². The second-order valence-electron chi connectivity index (χ2n) is 9.27. The molecule has 8 nitrogen and oxygen atoms in total. The number of hydrogen-bond donors (Lipinski definition) is 2. The van der Waals surface area contributed by atoms with Gasteiger partial charge in [-0.2, -0.15) is 10.2 Å². The number of benzene rings is 1. The number of carbonyl (C=O) groups is 1. The monoisotopic (exact) mass is 411 g/mol. The van der Waals surface area contributed by atoms with E-state index in [0.29, 0.717) is 36.0 Å². The minimum absolute atomic E-state index is 0.170. The van der Waals surface area contributed by atoms with Crippen molar-refractivity contribution in [3.63, 3.8) is 0 Å². The third-order valence-corrected chi connectivity index (χ3v) is 5.40. The first kappa shape index (κ1) is 21.8. The molecule has 0 radical (unpaired) electrons. The Morgan fingerprint density at radius 2 is 2.00 bits per heavy atom. The van der Waals surface area contributed by atoms with E-state index < -0.39 is 17.3 Å². The largest absolute Gasteiger partial charge is 0.441 e. The van der Waals surface area contributed by atoms with Crippen molar-refractivity contribution in [2.24, 2.45) is 5.41 Å². The molecule has 1 aliphatic heterocycles. The Labute approximate surface area is 176 Å². The van der Waals surface area contributed by atoms with Crippen LogP contribution in [-0.4, -0.2) is 47.5 Å². The Balaban J connectivity index is 1.89. The van der Waals surface area contributed by atoms with Gasteiger partial charge in [-0.3, -0.25) is 4.79 Å². The smallest absolute Gasteiger partial charge is 0.408 e. The van der Waals surface area contributed by atoms with Crippen LogP contribution in [0.25, 0.3) is 11.0 Å². The quantitative estimate of drug-likeness (QED) is 0.777. The number of nitrogens with zero attached hydrogens (tertiary/aromatic N) is 3. The molecule has 0 aliphatic carbocycles. The molecule has 1 fully saturated rings. The molecule has 8 heteroatoms. The molecule has 1 aromatic heterocycles. The molecular formula is C22H29N5O3. The third-order valence-electron chi connectivity index (χ3n) is 5.40. The fourth-order valence-electron chi connectivity index (χ4n) is 3.70. The first-order valence-corrected chi connectivity index (χ1v) is 10.2. The van der Waals surface area contributed by atoms with Crippen LogP contribution in [0.3, 0.4) is 0 Å². The van der Waals surface area contributed by atoms with Gasteiger partial charge in [0, 0.05) is 13.1 Å². The molecule has 0 bridgehead atoms. The fourth-order valence-corrected chi connectivity index (χ4v) is 3.70. The average Bonchev–Trinajstić information content (AvgIpc) is 2.68. The summed E-state index contributed by atoms with van der Waals surface area (Å²) in [6.45, 7) is 7.61. The van der Waals surface area contributed by atoms with E-state index in [0.717, 1.165) is 13.1 Å². The van der Waals surface area contributed by atoms with E-state index in [1.165, 1.54) is 0 Å². The van der Waals surface area contributed by atoms with Crippen molar-refractivity contribution >= 4 is 22.7 Å². The molecule has 3 rings (SSSR count). The highest BCUT2D eigenvalue weighted by molar-refractivity contribution is 5.91. The number of fused-ring (bicyclic) bond motifs is 1. The highest BCUT2D eigenvalue weighted by Gasteiger charge is 2.38. The number of carbonyl (C=O) groups excluding carboxylic acids is 1. The van der Waals surface area contributed by atoms with Gasteiger partial charge in [-0.1, -0.05) is 32.9 Å². The molecule has 1 unspecified atom stereocenters. The van der Waals surface area contributed by atoms with E-state index in [-0.39, 0.29) is 11.3 Å². The molecule has 2 aromatic rings. The Hall–Kier alpha value is -2.92. The summed E-state index contributed by atoms with van der Waals surface area (Å²) >= 11 is 0. The predicted molar refractivity (Wildman–Crippen MR) is 115 cm³/mol. The molecule has 0 saturated carbocycles. The number of anilines is 1. The van der Waals surface area contributed by atoms with Gasteiger partial charge < -0.3 is 20.0 Å². The van der Waals surface area contributed by atoms with Crippen LogP contribution in [-0.2, 0) is 4.79 Å². The van der Waals surface area contributed by atoms with Crippen LogP contribution in [0.15, 0.2) is 33.5 Å². The van der Waals surface area contributed by atoms with E-state index >= 15 is 0 Å². The van der Waals surface area contributed by atoms with Crippen LogP contribution in [0.1, 0.15) is 40.0 Å². The van der Waals surface area contributed by atoms with Crippen LogP contribution in [0.2, 0.25) is 0 Å². The maximum Gasteiger partial charge on any atom is 0.441 e. The van der Waals surface area contributed by atoms with E-state index in [4.69, 9.17) is 4.42 Å². The summed E-state index contributed by atoms with van der Waals surface area (Å²) in [4.78, 5) is 31.3. The Kier molecular flexibility index (Phi) is 6.13. The van der Waals surface area contributed by atoms with Gasteiger partial charge in [-0.15, -0.1) is 0 Å². The van der Waals surface area contributed by atoms with Crippen LogP contribution >= 0.6 is 0 Å². The molecule has 30 heavy (non-hydrogen) atoms. The summed E-state index contributed by atoms with van der Waals surface area (Å²) in [6, 6.07) is 8.72. The predicted octanol–water partition coefficient (Wildman–Crippen LogP) is 2.51. The molecule has 1 aromatic carbocycles. The van der Waals surface area contributed by atoms with Gasteiger partial charge >= 0.3 is 5.76 Å². The number of piperidine rings is 1. The number of nitriles is 1. The first-order valence-electron chi connectivity index (χ1n) is 10.2. The lowest BCUT2D eigenvalue weighted by molar-refractivity contribution is -0.124. The van der Waals surface area contributed by atoms with E-state index in [1.807, 2.05) is 33.9 Å². The van der Waals surface area contributed by atoms with Crippen LogP contribution in [0, 0.1) is 16.7 Å². The summed E-state index contributed by atoms with van der Waals surface area (Å²) in [5, 5.41) is 16.6. The van der Waals surface area contributed by atoms with Crippen molar-refractivity contribution in [2.75, 3.05) is 25.5 Å². The standard InChI is InChI=1S/C22H29N5O3/c1-21(2,3)13-16(19(28)26-22(14-23)9-11-27(4)12-10-22)24-18-15-7-5-6-8-17(15)30-20(29)25-18/h5-8,16H,9-13H2,1-4H3,(H,26,28)(H,24,25,29). The van der Waals surface area contributed by atoms with E-state index in [9.17, 15) is 14.9 Å². The normalized spacial score (nSPS) is 17.8. The summed E-state index contributed by atoms with van der Waals surface area (Å²) in [5.74, 6) is -0.689. The van der Waals surface area contributed by atoms with Gasteiger partial charge in [0.1, 0.15) is 23.0 Å². The molecule has 1 aliphatic rings. The van der Waals surface area contributed by atoms with Crippen molar-refractivity contribution in [2.45, 2.75) is 51.6 Å². The van der Waals surface area contributed by atoms with Gasteiger partial charge in [0.2, 0.25) is 5.91 Å². The van der Waals surface area contributed by atoms with Gasteiger partial charge in [0.15, 0.2) is 0 Å². The van der Waals surface area contributed by atoms with Gasteiger partial charge in [0.25, 0.3) is 0 Å². The third kappa shape index (κ3) is 5.16. The highest BCUT2D eigenvalue weighted by atomic mass is 16.4. The number of likely N-dealkylation sites (tertiary alicyclic amines) is 1. The van der Waals surface area contributed by atoms with Crippen molar-refractivity contribution in [1.29, 1.82) is 5.26 Å². The number of amides is 1. The molecule has 160 valence electrons. The van der Waals surface area contributed by atoms with Crippen LogP contribution in [0.4, 0.5) is 5.82 Å². The van der Waals surface area contributed by atoms with Crippen molar-refractivity contribution in [1.82, 2.24) is 15.2 Å². The topological polar surface area (TPSA) is 111 Å². The van der Waals surface area contributed by atoms with Crippen molar-refractivity contribution < 1.29 is 9.21 Å². The zero-order valence-electron chi connectivity index (χ0n) is 18.0. The lowest BCUT2D eigenvalue weighted by Crippen LogP contribution is -2.57. The number of rotatable bonds is 5. The Morgan fingerprint density at radius 3 is 2.63 bits per heavy atom. The average molecular weight is 412 g/mol. The summed E-state index contributed by atoms with van der Waals surface area (Å²) in [7, 11) is 2.00. The SMILES string of the molecule is CN1CCC(C#N)(NC(=O)C(CC(C)(C)C)Nc2nc(=O)oc3ccccc23)CC1. The summed E-state index contributed by atoms with van der Waals surface area (Å²) < 4.78 is 5.16. The maximum absolute atomic E-state index is 13.3. The Morgan fingerprint density at radius 1 is 1.33 bits per heavy atom. The second-order valence-corrected chi connectivity index (χ2v) is 9.27. The zero-order valence-corrected chi connectivity index (χ0v) is 18.0. The second kappa shape index (κ2) is 8.44. The zero-order chi connectivity index (χ0) is 21.9. The number of hydrogen-bond acceptors (Lipinski definition) is 7. The number of para-hydroxylation sites is 1. The van der Waals surface area contributed by atoms with Gasteiger partial charge in [0.05, 0.1) is 11.5 Å². The summed E-state index contributed by atoms with van der Waals surface area (Å²) in [5.41, 5.74) is -0.651. The van der Waals surface area contributed by atoms with Gasteiger partial charge in [-0.25, -0.2) is 4.79 Å². The van der Waals surface area contributed by atoms with E-state index in [1.54, 1.807) is 18.2 Å². The number of aromatic nitrogens is 1. The summed E-state index contributed by atoms with van der Waals surface area (Å²) in [6.07, 6.45) is 1.64.